The van der Waals surface area contributed by atoms with E-state index in [9.17, 15) is 9.90 Å². The zero-order valence-electron chi connectivity index (χ0n) is 11.9. The highest BCUT2D eigenvalue weighted by atomic mass is 16.5. The van der Waals surface area contributed by atoms with Crippen LogP contribution in [0.4, 0.5) is 0 Å². The van der Waals surface area contributed by atoms with Crippen molar-refractivity contribution in [1.29, 1.82) is 0 Å². The van der Waals surface area contributed by atoms with Gasteiger partial charge in [-0.2, -0.15) is 0 Å². The predicted octanol–water partition coefficient (Wildman–Crippen LogP) is 1.47. The fraction of sp³-hybridized carbons (Fsp3) is 0.533. The second-order valence-electron chi connectivity index (χ2n) is 5.35. The molecule has 0 heterocycles. The van der Waals surface area contributed by atoms with Gasteiger partial charge in [-0.3, -0.25) is 4.79 Å². The molecule has 0 aliphatic rings. The quantitative estimate of drug-likeness (QED) is 0.760. The van der Waals surface area contributed by atoms with E-state index in [1.165, 1.54) is 10.5 Å². The van der Waals surface area contributed by atoms with Crippen molar-refractivity contribution in [3.05, 3.63) is 35.9 Å². The van der Waals surface area contributed by atoms with Gasteiger partial charge in [-0.05, 0) is 25.8 Å². The summed E-state index contributed by atoms with van der Waals surface area (Å²) in [6, 6.07) is 10.0. The fourth-order valence-electron chi connectivity index (χ4n) is 1.77. The summed E-state index contributed by atoms with van der Waals surface area (Å²) in [5.74, 6) is -0.116. The lowest BCUT2D eigenvalue weighted by Crippen LogP contribution is -2.41. The van der Waals surface area contributed by atoms with E-state index < -0.39 is 5.60 Å². The summed E-state index contributed by atoms with van der Waals surface area (Å²) in [6.45, 7) is 4.22. The van der Waals surface area contributed by atoms with Crippen molar-refractivity contribution in [2.45, 2.75) is 25.9 Å². The number of aliphatic hydroxyl groups is 1. The Morgan fingerprint density at radius 3 is 2.53 bits per heavy atom. The van der Waals surface area contributed by atoms with Crippen LogP contribution >= 0.6 is 0 Å². The van der Waals surface area contributed by atoms with Gasteiger partial charge in [0.1, 0.15) is 6.61 Å². The van der Waals surface area contributed by atoms with Crippen LogP contribution < -0.4 is 0 Å². The number of carbonyl (C=O) groups excluding carboxylic acids is 1. The monoisotopic (exact) mass is 265 g/mol. The molecule has 0 spiro atoms. The van der Waals surface area contributed by atoms with E-state index in [0.29, 0.717) is 13.2 Å². The molecule has 1 aromatic carbocycles. The fourth-order valence-corrected chi connectivity index (χ4v) is 1.77. The van der Waals surface area contributed by atoms with Gasteiger partial charge in [0.25, 0.3) is 0 Å². The van der Waals surface area contributed by atoms with Crippen molar-refractivity contribution in [3.8, 4) is 0 Å². The van der Waals surface area contributed by atoms with E-state index in [1.54, 1.807) is 20.9 Å². The highest BCUT2D eigenvalue weighted by Gasteiger charge is 2.19. The first-order chi connectivity index (χ1) is 8.88. The Kier molecular flexibility index (Phi) is 5.99. The minimum atomic E-state index is -0.881. The summed E-state index contributed by atoms with van der Waals surface area (Å²) in [7, 11) is 1.67. The lowest BCUT2D eigenvalue weighted by atomic mass is 10.1. The summed E-state index contributed by atoms with van der Waals surface area (Å²) >= 11 is 0. The van der Waals surface area contributed by atoms with Gasteiger partial charge in [0, 0.05) is 13.6 Å². The van der Waals surface area contributed by atoms with Crippen LogP contribution in [0, 0.1) is 0 Å². The van der Waals surface area contributed by atoms with Gasteiger partial charge in [0.05, 0.1) is 12.2 Å². The third kappa shape index (κ3) is 6.94. The maximum atomic E-state index is 11.7. The number of ether oxygens (including phenoxy) is 1. The molecule has 0 saturated heterocycles. The number of rotatable bonds is 7. The average Bonchev–Trinajstić information content (AvgIpc) is 2.33. The zero-order valence-corrected chi connectivity index (χ0v) is 11.9. The van der Waals surface area contributed by atoms with Gasteiger partial charge in [0.15, 0.2) is 0 Å². The number of hydrogen-bond acceptors (Lipinski definition) is 3. The van der Waals surface area contributed by atoms with Gasteiger partial charge in [0.2, 0.25) is 5.91 Å². The van der Waals surface area contributed by atoms with Crippen LogP contribution in [0.25, 0.3) is 0 Å². The lowest BCUT2D eigenvalue weighted by molar-refractivity contribution is -0.137. The number of amides is 1. The van der Waals surface area contributed by atoms with E-state index in [1.807, 2.05) is 30.3 Å². The number of nitrogens with zero attached hydrogens (tertiary/aromatic N) is 1. The summed E-state index contributed by atoms with van der Waals surface area (Å²) in [5.41, 5.74) is 0.314. The largest absolute Gasteiger partial charge is 0.389 e. The number of hydrogen-bond donors (Lipinski definition) is 1. The second-order valence-corrected chi connectivity index (χ2v) is 5.35. The molecule has 0 unspecified atom stereocenters. The van der Waals surface area contributed by atoms with Crippen LogP contribution in [0.3, 0.4) is 0 Å². The second kappa shape index (κ2) is 7.26. The minimum absolute atomic E-state index is 0.0550. The van der Waals surface area contributed by atoms with Crippen LogP contribution in [0.2, 0.25) is 0 Å². The molecule has 1 amide bonds. The normalized spacial score (nSPS) is 11.4. The maximum Gasteiger partial charge on any atom is 0.248 e. The Morgan fingerprint density at radius 1 is 1.32 bits per heavy atom. The molecule has 1 aromatic rings. The molecular formula is C15H23NO3. The number of carbonyl (C=O) groups is 1. The minimum Gasteiger partial charge on any atom is -0.389 e. The molecule has 4 heteroatoms. The highest BCUT2D eigenvalue weighted by Crippen LogP contribution is 2.04. The van der Waals surface area contributed by atoms with Crippen molar-refractivity contribution in [1.82, 2.24) is 4.90 Å². The van der Waals surface area contributed by atoms with Crippen molar-refractivity contribution >= 4 is 5.91 Å². The van der Waals surface area contributed by atoms with Crippen LogP contribution in [0.5, 0.6) is 0 Å². The van der Waals surface area contributed by atoms with Crippen LogP contribution in [0.1, 0.15) is 19.4 Å². The molecule has 1 rings (SSSR count). The van der Waals surface area contributed by atoms with Gasteiger partial charge in [-0.15, -0.1) is 0 Å². The Hall–Kier alpha value is -1.39. The third-order valence-corrected chi connectivity index (χ3v) is 2.65. The molecule has 0 aliphatic heterocycles. The summed E-state index contributed by atoms with van der Waals surface area (Å²) in [4.78, 5) is 13.2. The number of likely N-dealkylation sites (N-methyl/N-ethyl adjacent to an activating group) is 1. The molecular weight excluding hydrogens is 242 g/mol. The first-order valence-electron chi connectivity index (χ1n) is 6.46. The molecule has 0 bridgehead atoms. The van der Waals surface area contributed by atoms with E-state index in [0.717, 1.165) is 6.42 Å². The van der Waals surface area contributed by atoms with Gasteiger partial charge in [-0.25, -0.2) is 0 Å². The van der Waals surface area contributed by atoms with Crippen molar-refractivity contribution in [2.75, 3.05) is 26.8 Å². The Morgan fingerprint density at radius 2 is 1.95 bits per heavy atom. The molecule has 0 atom stereocenters. The summed E-state index contributed by atoms with van der Waals surface area (Å²) in [5, 5.41) is 9.62. The molecule has 106 valence electrons. The van der Waals surface area contributed by atoms with Crippen LogP contribution in [0.15, 0.2) is 30.3 Å². The molecule has 4 nitrogen and oxygen atoms in total. The molecule has 0 aliphatic carbocycles. The van der Waals surface area contributed by atoms with Crippen molar-refractivity contribution in [2.24, 2.45) is 0 Å². The lowest BCUT2D eigenvalue weighted by Gasteiger charge is -2.25. The molecule has 0 saturated carbocycles. The summed E-state index contributed by atoms with van der Waals surface area (Å²) < 4.78 is 5.36. The van der Waals surface area contributed by atoms with Crippen molar-refractivity contribution < 1.29 is 14.6 Å². The Bertz CT molecular complexity index is 384. The average molecular weight is 265 g/mol. The Balaban J connectivity index is 2.20. The first kappa shape index (κ1) is 15.7. The van der Waals surface area contributed by atoms with Crippen LogP contribution in [-0.4, -0.2) is 48.3 Å². The summed E-state index contributed by atoms with van der Waals surface area (Å²) in [6.07, 6.45) is 0.795. The molecule has 0 aromatic heterocycles. The van der Waals surface area contributed by atoms with E-state index >= 15 is 0 Å². The number of benzene rings is 1. The maximum absolute atomic E-state index is 11.7. The van der Waals surface area contributed by atoms with Gasteiger partial charge in [-0.1, -0.05) is 30.3 Å². The van der Waals surface area contributed by atoms with Crippen LogP contribution in [-0.2, 0) is 16.0 Å². The van der Waals surface area contributed by atoms with Crippen molar-refractivity contribution in [3.63, 3.8) is 0 Å². The van der Waals surface area contributed by atoms with E-state index in [2.05, 4.69) is 0 Å². The van der Waals surface area contributed by atoms with Gasteiger partial charge >= 0.3 is 0 Å². The molecule has 1 N–H and O–H groups in total. The van der Waals surface area contributed by atoms with E-state index in [4.69, 9.17) is 4.74 Å². The predicted molar refractivity (Wildman–Crippen MR) is 74.9 cm³/mol. The van der Waals surface area contributed by atoms with Gasteiger partial charge < -0.3 is 14.7 Å². The molecule has 0 fully saturated rings. The van der Waals surface area contributed by atoms with E-state index in [-0.39, 0.29) is 12.5 Å². The Labute approximate surface area is 115 Å². The highest BCUT2D eigenvalue weighted by molar-refractivity contribution is 5.77. The third-order valence-electron chi connectivity index (χ3n) is 2.65. The topological polar surface area (TPSA) is 49.8 Å². The molecule has 19 heavy (non-hydrogen) atoms. The molecule has 0 radical (unpaired) electrons. The first-order valence-corrected chi connectivity index (χ1v) is 6.46. The smallest absolute Gasteiger partial charge is 0.248 e. The zero-order chi connectivity index (χ0) is 14.3. The standard InChI is InChI=1S/C15H23NO3/c1-15(2,18)12-16(3)14(17)11-19-10-9-13-7-5-4-6-8-13/h4-8,18H,9-12H2,1-3H3. The SMILES string of the molecule is CN(CC(C)(C)O)C(=O)COCCc1ccccc1.